The molecule has 0 fully saturated rings. The standard InChI is InChI=1S/C14H15NO2S/c1-11-4-2-5-12(8-11)17-10-14(16)15-9-13-6-3-7-18-13/h2-8H,9-10H2,1H3,(H,15,16). The average molecular weight is 261 g/mol. The molecule has 0 spiro atoms. The van der Waals surface area contributed by atoms with E-state index in [-0.39, 0.29) is 12.5 Å². The molecular weight excluding hydrogens is 246 g/mol. The van der Waals surface area contributed by atoms with Crippen LogP contribution in [0.5, 0.6) is 5.75 Å². The predicted octanol–water partition coefficient (Wildman–Crippen LogP) is 2.75. The van der Waals surface area contributed by atoms with Gasteiger partial charge in [0.1, 0.15) is 5.75 Å². The summed E-state index contributed by atoms with van der Waals surface area (Å²) in [4.78, 5) is 12.7. The Hall–Kier alpha value is -1.81. The van der Waals surface area contributed by atoms with Gasteiger partial charge in [0.05, 0.1) is 6.54 Å². The summed E-state index contributed by atoms with van der Waals surface area (Å²) in [6.45, 7) is 2.60. The van der Waals surface area contributed by atoms with Crippen molar-refractivity contribution >= 4 is 17.2 Å². The van der Waals surface area contributed by atoms with E-state index in [9.17, 15) is 4.79 Å². The Bertz CT molecular complexity index is 508. The number of hydrogen-bond donors (Lipinski definition) is 1. The van der Waals surface area contributed by atoms with E-state index in [0.717, 1.165) is 16.2 Å². The molecule has 0 atom stereocenters. The number of rotatable bonds is 5. The van der Waals surface area contributed by atoms with Gasteiger partial charge in [-0.05, 0) is 36.1 Å². The van der Waals surface area contributed by atoms with E-state index in [0.29, 0.717) is 6.54 Å². The summed E-state index contributed by atoms with van der Waals surface area (Å²) in [6.07, 6.45) is 0. The summed E-state index contributed by atoms with van der Waals surface area (Å²) in [7, 11) is 0. The SMILES string of the molecule is Cc1cccc(OCC(=O)NCc2cccs2)c1. The lowest BCUT2D eigenvalue weighted by Crippen LogP contribution is -2.28. The molecule has 94 valence electrons. The Morgan fingerprint density at radius 3 is 2.94 bits per heavy atom. The van der Waals surface area contributed by atoms with Crippen LogP contribution in [0.2, 0.25) is 0 Å². The van der Waals surface area contributed by atoms with Crippen LogP contribution in [0.4, 0.5) is 0 Å². The molecule has 2 rings (SSSR count). The van der Waals surface area contributed by atoms with Gasteiger partial charge in [0, 0.05) is 4.88 Å². The van der Waals surface area contributed by atoms with Crippen LogP contribution < -0.4 is 10.1 Å². The van der Waals surface area contributed by atoms with Crippen LogP contribution >= 0.6 is 11.3 Å². The number of carbonyl (C=O) groups excluding carboxylic acids is 1. The smallest absolute Gasteiger partial charge is 0.258 e. The molecule has 0 aliphatic rings. The Morgan fingerprint density at radius 2 is 2.22 bits per heavy atom. The van der Waals surface area contributed by atoms with Crippen LogP contribution in [0, 0.1) is 6.92 Å². The summed E-state index contributed by atoms with van der Waals surface area (Å²) in [5, 5.41) is 4.81. The second-order valence-corrected chi connectivity index (χ2v) is 4.99. The maximum Gasteiger partial charge on any atom is 0.258 e. The molecule has 1 amide bonds. The molecular formula is C14H15NO2S. The number of benzene rings is 1. The Kier molecular flexibility index (Phi) is 4.36. The van der Waals surface area contributed by atoms with E-state index < -0.39 is 0 Å². The van der Waals surface area contributed by atoms with Crippen molar-refractivity contribution in [2.24, 2.45) is 0 Å². The van der Waals surface area contributed by atoms with Crippen LogP contribution in [0.25, 0.3) is 0 Å². The van der Waals surface area contributed by atoms with E-state index in [1.54, 1.807) is 11.3 Å². The molecule has 18 heavy (non-hydrogen) atoms. The Morgan fingerprint density at radius 1 is 1.33 bits per heavy atom. The van der Waals surface area contributed by atoms with Crippen LogP contribution in [0.3, 0.4) is 0 Å². The fourth-order valence-electron chi connectivity index (χ4n) is 1.50. The molecule has 1 N–H and O–H groups in total. The van der Waals surface area contributed by atoms with Crippen LogP contribution in [-0.2, 0) is 11.3 Å². The number of carbonyl (C=O) groups is 1. The first-order valence-corrected chi connectivity index (χ1v) is 6.60. The average Bonchev–Trinajstić information content (AvgIpc) is 2.87. The third kappa shape index (κ3) is 3.89. The molecule has 0 saturated heterocycles. The highest BCUT2D eigenvalue weighted by molar-refractivity contribution is 7.09. The maximum atomic E-state index is 11.6. The molecule has 1 aromatic heterocycles. The highest BCUT2D eigenvalue weighted by atomic mass is 32.1. The molecule has 2 aromatic rings. The number of ether oxygens (including phenoxy) is 1. The highest BCUT2D eigenvalue weighted by Crippen LogP contribution is 2.12. The summed E-state index contributed by atoms with van der Waals surface area (Å²) in [5.41, 5.74) is 1.12. The monoisotopic (exact) mass is 261 g/mol. The van der Waals surface area contributed by atoms with Crippen molar-refractivity contribution in [2.75, 3.05) is 6.61 Å². The van der Waals surface area contributed by atoms with E-state index in [2.05, 4.69) is 5.32 Å². The van der Waals surface area contributed by atoms with E-state index in [1.807, 2.05) is 48.7 Å². The molecule has 1 heterocycles. The molecule has 0 unspecified atom stereocenters. The van der Waals surface area contributed by atoms with E-state index >= 15 is 0 Å². The van der Waals surface area contributed by atoms with Crippen molar-refractivity contribution < 1.29 is 9.53 Å². The molecule has 0 aliphatic heterocycles. The fourth-order valence-corrected chi connectivity index (χ4v) is 2.15. The van der Waals surface area contributed by atoms with Crippen molar-refractivity contribution in [3.8, 4) is 5.75 Å². The molecule has 1 aromatic carbocycles. The first-order chi connectivity index (χ1) is 8.74. The van der Waals surface area contributed by atoms with E-state index in [4.69, 9.17) is 4.74 Å². The van der Waals surface area contributed by atoms with Crippen molar-refractivity contribution in [3.05, 3.63) is 52.2 Å². The second-order valence-electron chi connectivity index (χ2n) is 3.96. The second kappa shape index (κ2) is 6.21. The number of nitrogens with one attached hydrogen (secondary N) is 1. The van der Waals surface area contributed by atoms with Crippen molar-refractivity contribution in [2.45, 2.75) is 13.5 Å². The van der Waals surface area contributed by atoms with Crippen molar-refractivity contribution in [1.82, 2.24) is 5.32 Å². The Balaban J connectivity index is 1.75. The van der Waals surface area contributed by atoms with Gasteiger partial charge in [-0.3, -0.25) is 4.79 Å². The van der Waals surface area contributed by atoms with Gasteiger partial charge in [-0.25, -0.2) is 0 Å². The van der Waals surface area contributed by atoms with Crippen molar-refractivity contribution in [1.29, 1.82) is 0 Å². The molecule has 0 radical (unpaired) electrons. The minimum atomic E-state index is -0.107. The number of amides is 1. The van der Waals surface area contributed by atoms with Crippen LogP contribution in [0.15, 0.2) is 41.8 Å². The Labute approximate surface area is 110 Å². The molecule has 0 bridgehead atoms. The summed E-state index contributed by atoms with van der Waals surface area (Å²) < 4.78 is 5.41. The first kappa shape index (κ1) is 12.6. The van der Waals surface area contributed by atoms with Gasteiger partial charge in [-0.1, -0.05) is 18.2 Å². The van der Waals surface area contributed by atoms with Gasteiger partial charge >= 0.3 is 0 Å². The minimum absolute atomic E-state index is 0.0504. The van der Waals surface area contributed by atoms with Crippen LogP contribution in [0.1, 0.15) is 10.4 Å². The largest absolute Gasteiger partial charge is 0.484 e. The minimum Gasteiger partial charge on any atom is -0.484 e. The quantitative estimate of drug-likeness (QED) is 0.898. The van der Waals surface area contributed by atoms with Gasteiger partial charge in [0.15, 0.2) is 6.61 Å². The molecule has 3 nitrogen and oxygen atoms in total. The van der Waals surface area contributed by atoms with Crippen molar-refractivity contribution in [3.63, 3.8) is 0 Å². The summed E-state index contributed by atoms with van der Waals surface area (Å²) >= 11 is 1.63. The number of hydrogen-bond acceptors (Lipinski definition) is 3. The molecule has 0 aliphatic carbocycles. The summed E-state index contributed by atoms with van der Waals surface area (Å²) in [5.74, 6) is 0.617. The molecule has 0 saturated carbocycles. The third-order valence-electron chi connectivity index (χ3n) is 2.40. The lowest BCUT2D eigenvalue weighted by atomic mass is 10.2. The maximum absolute atomic E-state index is 11.6. The summed E-state index contributed by atoms with van der Waals surface area (Å²) in [6, 6.07) is 11.6. The zero-order valence-electron chi connectivity index (χ0n) is 10.2. The predicted molar refractivity (Wildman–Crippen MR) is 72.8 cm³/mol. The lowest BCUT2D eigenvalue weighted by Gasteiger charge is -2.07. The number of aryl methyl sites for hydroxylation is 1. The van der Waals surface area contributed by atoms with Gasteiger partial charge in [-0.2, -0.15) is 0 Å². The van der Waals surface area contributed by atoms with Gasteiger partial charge < -0.3 is 10.1 Å². The zero-order chi connectivity index (χ0) is 12.8. The van der Waals surface area contributed by atoms with Gasteiger partial charge in [0.25, 0.3) is 5.91 Å². The fraction of sp³-hybridized carbons (Fsp3) is 0.214. The van der Waals surface area contributed by atoms with Gasteiger partial charge in [-0.15, -0.1) is 11.3 Å². The highest BCUT2D eigenvalue weighted by Gasteiger charge is 2.03. The zero-order valence-corrected chi connectivity index (χ0v) is 11.0. The van der Waals surface area contributed by atoms with E-state index in [1.165, 1.54) is 0 Å². The van der Waals surface area contributed by atoms with Crippen LogP contribution in [-0.4, -0.2) is 12.5 Å². The van der Waals surface area contributed by atoms with Gasteiger partial charge in [0.2, 0.25) is 0 Å². The normalized spacial score (nSPS) is 10.1. The molecule has 4 heteroatoms. The third-order valence-corrected chi connectivity index (χ3v) is 3.28. The topological polar surface area (TPSA) is 38.3 Å². The lowest BCUT2D eigenvalue weighted by molar-refractivity contribution is -0.123. The number of thiophene rings is 1. The first-order valence-electron chi connectivity index (χ1n) is 5.72.